The molecule has 4 rings (SSSR count). The first-order valence-corrected chi connectivity index (χ1v) is 8.66. The molecular weight excluding hydrogens is 314 g/mol. The van der Waals surface area contributed by atoms with Crippen molar-refractivity contribution in [3.05, 3.63) is 58.9 Å². The topological polar surface area (TPSA) is 67.0 Å². The van der Waals surface area contributed by atoms with E-state index in [9.17, 15) is 4.79 Å². The molecule has 0 fully saturated rings. The van der Waals surface area contributed by atoms with Crippen LogP contribution in [0.1, 0.15) is 40.0 Å². The number of nitrogens with one attached hydrogen (secondary N) is 2. The number of aromatic nitrogens is 2. The van der Waals surface area contributed by atoms with E-state index in [-0.39, 0.29) is 5.91 Å². The Morgan fingerprint density at radius 1 is 1.28 bits per heavy atom. The van der Waals surface area contributed by atoms with Crippen molar-refractivity contribution in [3.8, 4) is 5.88 Å². The van der Waals surface area contributed by atoms with Gasteiger partial charge in [0.05, 0.1) is 18.2 Å². The molecule has 2 heterocycles. The minimum Gasteiger partial charge on any atom is -0.481 e. The number of ether oxygens (including phenoxy) is 1. The lowest BCUT2D eigenvalue weighted by Gasteiger charge is -2.10. The SMILES string of the molecule is COc1cc(CNC(=O)c2cccc3c4c([nH]c23)CCCC4)ccn1. The second-order valence-electron chi connectivity index (χ2n) is 6.41. The van der Waals surface area contributed by atoms with Crippen molar-refractivity contribution < 1.29 is 9.53 Å². The van der Waals surface area contributed by atoms with Crippen molar-refractivity contribution in [2.45, 2.75) is 32.2 Å². The van der Waals surface area contributed by atoms with Crippen LogP contribution in [0.15, 0.2) is 36.5 Å². The van der Waals surface area contributed by atoms with Crippen LogP contribution in [0.25, 0.3) is 10.9 Å². The van der Waals surface area contributed by atoms with Gasteiger partial charge in [0.15, 0.2) is 0 Å². The molecule has 1 aliphatic carbocycles. The van der Waals surface area contributed by atoms with E-state index in [0.717, 1.165) is 23.9 Å². The molecule has 0 aliphatic heterocycles. The summed E-state index contributed by atoms with van der Waals surface area (Å²) in [4.78, 5) is 20.3. The van der Waals surface area contributed by atoms with Crippen molar-refractivity contribution in [3.63, 3.8) is 0 Å². The van der Waals surface area contributed by atoms with Gasteiger partial charge in [-0.25, -0.2) is 4.98 Å². The number of para-hydroxylation sites is 1. The van der Waals surface area contributed by atoms with Crippen LogP contribution in [-0.2, 0) is 19.4 Å². The highest BCUT2D eigenvalue weighted by atomic mass is 16.5. The molecule has 2 aromatic heterocycles. The van der Waals surface area contributed by atoms with Crippen LogP contribution in [0.4, 0.5) is 0 Å². The summed E-state index contributed by atoms with van der Waals surface area (Å²) in [5.41, 5.74) is 5.29. The molecule has 0 spiro atoms. The summed E-state index contributed by atoms with van der Waals surface area (Å²) < 4.78 is 5.12. The van der Waals surface area contributed by atoms with Gasteiger partial charge in [0.1, 0.15) is 0 Å². The molecule has 128 valence electrons. The number of carbonyl (C=O) groups excluding carboxylic acids is 1. The normalized spacial score (nSPS) is 13.5. The van der Waals surface area contributed by atoms with Crippen LogP contribution in [0, 0.1) is 0 Å². The number of rotatable bonds is 4. The monoisotopic (exact) mass is 335 g/mol. The van der Waals surface area contributed by atoms with Crippen molar-refractivity contribution >= 4 is 16.8 Å². The van der Waals surface area contributed by atoms with Gasteiger partial charge in [-0.05, 0) is 48.9 Å². The number of hydrogen-bond donors (Lipinski definition) is 2. The first kappa shape index (κ1) is 15.7. The molecule has 0 atom stereocenters. The largest absolute Gasteiger partial charge is 0.481 e. The first-order valence-electron chi connectivity index (χ1n) is 8.66. The van der Waals surface area contributed by atoms with Gasteiger partial charge in [-0.3, -0.25) is 4.79 Å². The Morgan fingerprint density at radius 3 is 3.04 bits per heavy atom. The zero-order valence-electron chi connectivity index (χ0n) is 14.3. The third kappa shape index (κ3) is 2.97. The minimum absolute atomic E-state index is 0.0695. The smallest absolute Gasteiger partial charge is 0.253 e. The summed E-state index contributed by atoms with van der Waals surface area (Å²) in [6.07, 6.45) is 6.28. The van der Waals surface area contributed by atoms with Gasteiger partial charge < -0.3 is 15.0 Å². The third-order valence-electron chi connectivity index (χ3n) is 4.84. The Balaban J connectivity index is 1.58. The molecule has 0 bridgehead atoms. The molecular formula is C20H21N3O2. The maximum absolute atomic E-state index is 12.7. The van der Waals surface area contributed by atoms with Crippen molar-refractivity contribution in [1.82, 2.24) is 15.3 Å². The lowest BCUT2D eigenvalue weighted by Crippen LogP contribution is -2.23. The van der Waals surface area contributed by atoms with Gasteiger partial charge in [-0.2, -0.15) is 0 Å². The highest BCUT2D eigenvalue weighted by Gasteiger charge is 2.19. The Labute approximate surface area is 146 Å². The number of H-pyrrole nitrogens is 1. The van der Waals surface area contributed by atoms with E-state index in [2.05, 4.69) is 21.4 Å². The molecule has 0 unspecified atom stereocenters. The van der Waals surface area contributed by atoms with Crippen LogP contribution in [0.2, 0.25) is 0 Å². The van der Waals surface area contributed by atoms with Gasteiger partial charge in [-0.15, -0.1) is 0 Å². The van der Waals surface area contributed by atoms with Gasteiger partial charge in [0, 0.05) is 29.9 Å². The second kappa shape index (κ2) is 6.59. The average Bonchev–Trinajstić information content (AvgIpc) is 3.05. The predicted octanol–water partition coefficient (Wildman–Crippen LogP) is 3.38. The number of amides is 1. The van der Waals surface area contributed by atoms with E-state index in [1.165, 1.54) is 29.5 Å². The number of aryl methyl sites for hydroxylation is 2. The first-order chi connectivity index (χ1) is 12.3. The minimum atomic E-state index is -0.0695. The van der Waals surface area contributed by atoms with E-state index >= 15 is 0 Å². The summed E-state index contributed by atoms with van der Waals surface area (Å²) in [6.45, 7) is 0.439. The van der Waals surface area contributed by atoms with Crippen molar-refractivity contribution in [2.75, 3.05) is 7.11 Å². The highest BCUT2D eigenvalue weighted by Crippen LogP contribution is 2.30. The number of aromatic amines is 1. The molecule has 0 saturated carbocycles. The number of pyridine rings is 1. The summed E-state index contributed by atoms with van der Waals surface area (Å²) in [7, 11) is 1.58. The van der Waals surface area contributed by atoms with E-state index in [1.807, 2.05) is 24.3 Å². The second-order valence-corrected chi connectivity index (χ2v) is 6.41. The lowest BCUT2D eigenvalue weighted by molar-refractivity contribution is 0.0952. The summed E-state index contributed by atoms with van der Waals surface area (Å²) in [5.74, 6) is 0.478. The van der Waals surface area contributed by atoms with Crippen LogP contribution in [0.5, 0.6) is 5.88 Å². The molecule has 3 aromatic rings. The van der Waals surface area contributed by atoms with E-state index < -0.39 is 0 Å². The molecule has 1 aliphatic rings. The molecule has 2 N–H and O–H groups in total. The third-order valence-corrected chi connectivity index (χ3v) is 4.84. The Kier molecular flexibility index (Phi) is 4.14. The van der Waals surface area contributed by atoms with Gasteiger partial charge in [-0.1, -0.05) is 12.1 Å². The Hall–Kier alpha value is -2.82. The quantitative estimate of drug-likeness (QED) is 0.768. The van der Waals surface area contributed by atoms with E-state index in [0.29, 0.717) is 18.0 Å². The summed E-state index contributed by atoms with van der Waals surface area (Å²) >= 11 is 0. The van der Waals surface area contributed by atoms with E-state index in [1.54, 1.807) is 13.3 Å². The van der Waals surface area contributed by atoms with Crippen LogP contribution >= 0.6 is 0 Å². The van der Waals surface area contributed by atoms with Gasteiger partial charge in [0.2, 0.25) is 5.88 Å². The fraction of sp³-hybridized carbons (Fsp3) is 0.300. The number of nitrogens with zero attached hydrogens (tertiary/aromatic N) is 1. The zero-order chi connectivity index (χ0) is 17.2. The zero-order valence-corrected chi connectivity index (χ0v) is 14.3. The van der Waals surface area contributed by atoms with Crippen molar-refractivity contribution in [1.29, 1.82) is 0 Å². The number of hydrogen-bond acceptors (Lipinski definition) is 3. The molecule has 0 saturated heterocycles. The lowest BCUT2D eigenvalue weighted by atomic mass is 9.95. The van der Waals surface area contributed by atoms with Crippen LogP contribution in [-0.4, -0.2) is 23.0 Å². The molecule has 1 amide bonds. The number of methoxy groups -OCH3 is 1. The number of carbonyl (C=O) groups is 1. The van der Waals surface area contributed by atoms with Gasteiger partial charge >= 0.3 is 0 Å². The fourth-order valence-corrected chi connectivity index (χ4v) is 3.57. The summed E-state index contributed by atoms with van der Waals surface area (Å²) in [5, 5.41) is 4.18. The fourth-order valence-electron chi connectivity index (χ4n) is 3.57. The predicted molar refractivity (Wildman–Crippen MR) is 96.9 cm³/mol. The molecule has 1 aromatic carbocycles. The standard InChI is InChI=1S/C20H21N3O2/c1-25-18-11-13(9-10-21-18)12-22-20(24)16-7-4-6-15-14-5-2-3-8-17(14)23-19(15)16/h4,6-7,9-11,23H,2-3,5,8,12H2,1H3,(H,22,24). The van der Waals surface area contributed by atoms with Crippen LogP contribution < -0.4 is 10.1 Å². The number of benzene rings is 1. The van der Waals surface area contributed by atoms with Crippen LogP contribution in [0.3, 0.4) is 0 Å². The van der Waals surface area contributed by atoms with E-state index in [4.69, 9.17) is 4.74 Å². The highest BCUT2D eigenvalue weighted by molar-refractivity contribution is 6.06. The molecule has 5 heteroatoms. The molecule has 25 heavy (non-hydrogen) atoms. The van der Waals surface area contributed by atoms with Gasteiger partial charge in [0.25, 0.3) is 5.91 Å². The molecule has 5 nitrogen and oxygen atoms in total. The maximum Gasteiger partial charge on any atom is 0.253 e. The summed E-state index contributed by atoms with van der Waals surface area (Å²) in [6, 6.07) is 9.66. The maximum atomic E-state index is 12.7. The Morgan fingerprint density at radius 2 is 2.16 bits per heavy atom. The molecule has 0 radical (unpaired) electrons. The van der Waals surface area contributed by atoms with Crippen molar-refractivity contribution in [2.24, 2.45) is 0 Å². The average molecular weight is 335 g/mol. The Bertz CT molecular complexity index is 930. The number of fused-ring (bicyclic) bond motifs is 3.